The summed E-state index contributed by atoms with van der Waals surface area (Å²) in [6.45, 7) is 3.03. The van der Waals surface area contributed by atoms with Crippen LogP contribution in [-0.4, -0.2) is 25.2 Å². The Morgan fingerprint density at radius 3 is 2.28 bits per heavy atom. The first-order chi connectivity index (χ1) is 12.3. The summed E-state index contributed by atoms with van der Waals surface area (Å²) in [6, 6.07) is 22.0. The molecular formula is C21H23NO3. The second-order valence-corrected chi connectivity index (χ2v) is 5.80. The van der Waals surface area contributed by atoms with Gasteiger partial charge in [0.2, 0.25) is 0 Å². The summed E-state index contributed by atoms with van der Waals surface area (Å²) >= 11 is 0. The first-order valence-electron chi connectivity index (χ1n) is 8.39. The number of nitrogens with zero attached hydrogens (tertiary/aromatic N) is 1. The summed E-state index contributed by atoms with van der Waals surface area (Å²) in [5.74, 6) is 2.63. The highest BCUT2D eigenvalue weighted by Gasteiger charge is 2.09. The van der Waals surface area contributed by atoms with Gasteiger partial charge < -0.3 is 13.9 Å². The third-order valence-electron chi connectivity index (χ3n) is 3.94. The molecule has 4 nitrogen and oxygen atoms in total. The maximum Gasteiger partial charge on any atom is 0.119 e. The Labute approximate surface area is 148 Å². The molecule has 0 saturated heterocycles. The fraction of sp³-hybridized carbons (Fsp3) is 0.238. The van der Waals surface area contributed by atoms with Crippen LogP contribution in [0.25, 0.3) is 0 Å². The van der Waals surface area contributed by atoms with Gasteiger partial charge in [0.1, 0.15) is 23.9 Å². The molecule has 0 fully saturated rings. The van der Waals surface area contributed by atoms with Crippen molar-refractivity contribution in [1.29, 1.82) is 0 Å². The first-order valence-corrected chi connectivity index (χ1v) is 8.39. The lowest BCUT2D eigenvalue weighted by Gasteiger charge is -2.21. The second-order valence-electron chi connectivity index (χ2n) is 5.80. The maximum absolute atomic E-state index is 5.87. The Kier molecular flexibility index (Phi) is 6.12. The monoisotopic (exact) mass is 337 g/mol. The minimum atomic E-state index is 0.611. The second kappa shape index (κ2) is 8.94. The molecular weight excluding hydrogens is 314 g/mol. The molecule has 0 atom stereocenters. The van der Waals surface area contributed by atoms with Crippen molar-refractivity contribution in [1.82, 2.24) is 4.90 Å². The number of furan rings is 1. The first kappa shape index (κ1) is 17.1. The van der Waals surface area contributed by atoms with Crippen molar-refractivity contribution in [2.75, 3.05) is 20.3 Å². The Morgan fingerprint density at radius 2 is 1.60 bits per heavy atom. The molecule has 0 radical (unpaired) electrons. The largest absolute Gasteiger partial charge is 0.497 e. The van der Waals surface area contributed by atoms with E-state index in [9.17, 15) is 0 Å². The van der Waals surface area contributed by atoms with Gasteiger partial charge in [-0.15, -0.1) is 0 Å². The van der Waals surface area contributed by atoms with E-state index < -0.39 is 0 Å². The molecule has 3 aromatic rings. The quantitative estimate of drug-likeness (QED) is 0.581. The molecule has 0 amide bonds. The summed E-state index contributed by atoms with van der Waals surface area (Å²) in [4.78, 5) is 2.32. The molecule has 0 N–H and O–H groups in total. The molecule has 0 aliphatic carbocycles. The van der Waals surface area contributed by atoms with E-state index in [0.717, 1.165) is 36.9 Å². The minimum Gasteiger partial charge on any atom is -0.497 e. The van der Waals surface area contributed by atoms with E-state index in [1.807, 2.05) is 42.5 Å². The van der Waals surface area contributed by atoms with Crippen LogP contribution in [0.3, 0.4) is 0 Å². The van der Waals surface area contributed by atoms with Gasteiger partial charge in [-0.25, -0.2) is 0 Å². The molecule has 2 aromatic carbocycles. The van der Waals surface area contributed by atoms with E-state index >= 15 is 0 Å². The van der Waals surface area contributed by atoms with Gasteiger partial charge in [0, 0.05) is 13.1 Å². The van der Waals surface area contributed by atoms with Gasteiger partial charge in [0.15, 0.2) is 0 Å². The standard InChI is InChI=1S/C21H23NO3/c1-23-19-9-11-20(12-10-19)25-15-13-22(17-21-8-5-14-24-21)16-18-6-3-2-4-7-18/h2-12,14H,13,15-17H2,1H3. The number of hydrogen-bond donors (Lipinski definition) is 0. The molecule has 0 aliphatic rings. The molecule has 1 heterocycles. The molecule has 0 bridgehead atoms. The predicted molar refractivity (Wildman–Crippen MR) is 97.8 cm³/mol. The summed E-state index contributed by atoms with van der Waals surface area (Å²) in [6.07, 6.45) is 1.71. The van der Waals surface area contributed by atoms with Gasteiger partial charge in [-0.3, -0.25) is 4.90 Å². The van der Waals surface area contributed by atoms with E-state index in [1.165, 1.54) is 5.56 Å². The summed E-state index contributed by atoms with van der Waals surface area (Å²) in [5.41, 5.74) is 1.28. The third kappa shape index (κ3) is 5.40. The van der Waals surface area contributed by atoms with Crippen molar-refractivity contribution in [3.8, 4) is 11.5 Å². The van der Waals surface area contributed by atoms with E-state index in [1.54, 1.807) is 13.4 Å². The Balaban J connectivity index is 1.56. The van der Waals surface area contributed by atoms with Crippen molar-refractivity contribution in [2.24, 2.45) is 0 Å². The lowest BCUT2D eigenvalue weighted by atomic mass is 10.2. The summed E-state index contributed by atoms with van der Waals surface area (Å²) < 4.78 is 16.5. The van der Waals surface area contributed by atoms with Crippen LogP contribution in [0.5, 0.6) is 11.5 Å². The van der Waals surface area contributed by atoms with Crippen molar-refractivity contribution in [3.63, 3.8) is 0 Å². The predicted octanol–water partition coefficient (Wildman–Crippen LogP) is 4.37. The van der Waals surface area contributed by atoms with Crippen molar-refractivity contribution in [3.05, 3.63) is 84.3 Å². The van der Waals surface area contributed by atoms with Crippen LogP contribution in [-0.2, 0) is 13.1 Å². The number of ether oxygens (including phenoxy) is 2. The fourth-order valence-electron chi connectivity index (χ4n) is 2.64. The number of rotatable bonds is 9. The van der Waals surface area contributed by atoms with E-state index in [2.05, 4.69) is 29.2 Å². The Hall–Kier alpha value is -2.72. The highest BCUT2D eigenvalue weighted by Crippen LogP contribution is 2.17. The number of benzene rings is 2. The van der Waals surface area contributed by atoms with Crippen LogP contribution in [0, 0.1) is 0 Å². The minimum absolute atomic E-state index is 0.611. The molecule has 0 spiro atoms. The number of methoxy groups -OCH3 is 1. The molecule has 130 valence electrons. The van der Waals surface area contributed by atoms with Gasteiger partial charge in [-0.2, -0.15) is 0 Å². The number of hydrogen-bond acceptors (Lipinski definition) is 4. The van der Waals surface area contributed by atoms with Crippen LogP contribution in [0.4, 0.5) is 0 Å². The van der Waals surface area contributed by atoms with Crippen LogP contribution < -0.4 is 9.47 Å². The Bertz CT molecular complexity index is 724. The smallest absolute Gasteiger partial charge is 0.119 e. The van der Waals surface area contributed by atoms with Crippen molar-refractivity contribution >= 4 is 0 Å². The van der Waals surface area contributed by atoms with Gasteiger partial charge in [-0.1, -0.05) is 30.3 Å². The molecule has 3 rings (SSSR count). The van der Waals surface area contributed by atoms with Gasteiger partial charge in [0.25, 0.3) is 0 Å². The van der Waals surface area contributed by atoms with Crippen LogP contribution >= 0.6 is 0 Å². The van der Waals surface area contributed by atoms with E-state index in [0.29, 0.717) is 6.61 Å². The molecule has 1 aromatic heterocycles. The highest BCUT2D eigenvalue weighted by atomic mass is 16.5. The fourth-order valence-corrected chi connectivity index (χ4v) is 2.64. The summed E-state index contributed by atoms with van der Waals surface area (Å²) in [5, 5.41) is 0. The normalized spacial score (nSPS) is 10.8. The lowest BCUT2D eigenvalue weighted by Crippen LogP contribution is -2.27. The highest BCUT2D eigenvalue weighted by molar-refractivity contribution is 5.31. The van der Waals surface area contributed by atoms with Crippen LogP contribution in [0.2, 0.25) is 0 Å². The molecule has 0 saturated carbocycles. The van der Waals surface area contributed by atoms with Gasteiger partial charge in [0.05, 0.1) is 19.9 Å². The lowest BCUT2D eigenvalue weighted by molar-refractivity contribution is 0.185. The van der Waals surface area contributed by atoms with E-state index in [4.69, 9.17) is 13.9 Å². The van der Waals surface area contributed by atoms with Crippen LogP contribution in [0.15, 0.2) is 77.4 Å². The van der Waals surface area contributed by atoms with Gasteiger partial charge >= 0.3 is 0 Å². The maximum atomic E-state index is 5.87. The zero-order valence-electron chi connectivity index (χ0n) is 14.4. The van der Waals surface area contributed by atoms with E-state index in [-0.39, 0.29) is 0 Å². The molecule has 0 unspecified atom stereocenters. The molecule has 0 aliphatic heterocycles. The Morgan fingerprint density at radius 1 is 0.840 bits per heavy atom. The molecule has 25 heavy (non-hydrogen) atoms. The van der Waals surface area contributed by atoms with Gasteiger partial charge in [-0.05, 0) is 42.0 Å². The zero-order chi connectivity index (χ0) is 17.3. The summed E-state index contributed by atoms with van der Waals surface area (Å²) in [7, 11) is 1.66. The zero-order valence-corrected chi connectivity index (χ0v) is 14.4. The molecule has 4 heteroatoms. The van der Waals surface area contributed by atoms with Crippen molar-refractivity contribution < 1.29 is 13.9 Å². The average Bonchev–Trinajstić information content (AvgIpc) is 3.16. The van der Waals surface area contributed by atoms with Crippen molar-refractivity contribution in [2.45, 2.75) is 13.1 Å². The topological polar surface area (TPSA) is 34.8 Å². The van der Waals surface area contributed by atoms with Crippen LogP contribution in [0.1, 0.15) is 11.3 Å². The SMILES string of the molecule is COc1ccc(OCCN(Cc2ccccc2)Cc2ccco2)cc1. The third-order valence-corrected chi connectivity index (χ3v) is 3.94. The average molecular weight is 337 g/mol.